The van der Waals surface area contributed by atoms with E-state index in [0.29, 0.717) is 25.3 Å². The number of carbonyl (C=O) groups excluding carboxylic acids is 1. The minimum Gasteiger partial charge on any atom is -0.455 e. The zero-order valence-electron chi connectivity index (χ0n) is 17.5. The Morgan fingerprint density at radius 2 is 2.16 bits per heavy atom. The van der Waals surface area contributed by atoms with E-state index < -0.39 is 23.4 Å². The van der Waals surface area contributed by atoms with Gasteiger partial charge in [0.15, 0.2) is 0 Å². The van der Waals surface area contributed by atoms with Crippen LogP contribution >= 0.6 is 0 Å². The third-order valence-electron chi connectivity index (χ3n) is 6.12. The highest BCUT2D eigenvalue weighted by Gasteiger charge is 2.46. The average molecular weight is 455 g/mol. The van der Waals surface area contributed by atoms with Crippen molar-refractivity contribution in [2.75, 3.05) is 26.6 Å². The molecule has 0 aromatic carbocycles. The summed E-state index contributed by atoms with van der Waals surface area (Å²) in [7, 11) is 0. The van der Waals surface area contributed by atoms with E-state index in [2.05, 4.69) is 10.4 Å². The molecule has 3 aliphatic rings. The Kier molecular flexibility index (Phi) is 5.50. The molecule has 11 heteroatoms. The van der Waals surface area contributed by atoms with E-state index in [4.69, 9.17) is 18.6 Å². The lowest BCUT2D eigenvalue weighted by atomic mass is 9.86. The lowest BCUT2D eigenvalue weighted by molar-refractivity contribution is -0.137. The number of hydrogen-bond acceptors (Lipinski definition) is 6. The second-order valence-corrected chi connectivity index (χ2v) is 8.48. The number of fused-ring (bicyclic) bond motifs is 3. The van der Waals surface area contributed by atoms with Gasteiger partial charge in [0.2, 0.25) is 5.76 Å². The van der Waals surface area contributed by atoms with Crippen LogP contribution in [0.2, 0.25) is 0 Å². The number of hydrogen-bond donors (Lipinski definition) is 1. The SMILES string of the molecule is C[C@H]1Cc2oc(C(=O)NC[C@@H]3CCCO3)c(C(F)(F)F)c2-c2nn(C[C@H]3COCO3)cc21. The van der Waals surface area contributed by atoms with Crippen LogP contribution in [0.1, 0.15) is 53.1 Å². The van der Waals surface area contributed by atoms with Crippen LogP contribution in [0.3, 0.4) is 0 Å². The molecule has 0 saturated carbocycles. The Hall–Kier alpha value is -2.37. The van der Waals surface area contributed by atoms with Gasteiger partial charge in [-0.1, -0.05) is 6.92 Å². The van der Waals surface area contributed by atoms with Crippen molar-refractivity contribution in [3.8, 4) is 11.3 Å². The average Bonchev–Trinajstić information content (AvgIpc) is 3.51. The first-order valence-electron chi connectivity index (χ1n) is 10.7. The predicted molar refractivity (Wildman–Crippen MR) is 104 cm³/mol. The van der Waals surface area contributed by atoms with E-state index in [0.717, 1.165) is 12.8 Å². The fourth-order valence-electron chi connectivity index (χ4n) is 4.55. The number of halogens is 3. The van der Waals surface area contributed by atoms with Gasteiger partial charge in [-0.05, 0) is 18.8 Å². The third-order valence-corrected chi connectivity index (χ3v) is 6.12. The van der Waals surface area contributed by atoms with E-state index in [1.807, 2.05) is 6.92 Å². The van der Waals surface area contributed by atoms with Crippen molar-refractivity contribution in [1.29, 1.82) is 0 Å². The number of aromatic nitrogens is 2. The zero-order chi connectivity index (χ0) is 22.5. The van der Waals surface area contributed by atoms with Gasteiger partial charge in [0, 0.05) is 31.3 Å². The van der Waals surface area contributed by atoms with Crippen LogP contribution in [0.15, 0.2) is 10.6 Å². The Labute approximate surface area is 182 Å². The molecule has 4 heterocycles. The molecule has 2 fully saturated rings. The summed E-state index contributed by atoms with van der Waals surface area (Å²) in [6.07, 6.45) is -1.57. The Bertz CT molecular complexity index is 1000. The summed E-state index contributed by atoms with van der Waals surface area (Å²) in [6, 6.07) is 0. The molecule has 1 aliphatic carbocycles. The minimum atomic E-state index is -4.78. The van der Waals surface area contributed by atoms with Crippen molar-refractivity contribution in [2.45, 2.75) is 57.0 Å². The number of rotatable bonds is 5. The minimum absolute atomic E-state index is 0.109. The molecule has 2 aromatic rings. The van der Waals surface area contributed by atoms with Gasteiger partial charge in [0.25, 0.3) is 5.91 Å². The molecular formula is C21H24F3N3O5. The molecule has 32 heavy (non-hydrogen) atoms. The van der Waals surface area contributed by atoms with Crippen molar-refractivity contribution < 1.29 is 36.6 Å². The highest BCUT2D eigenvalue weighted by Crippen LogP contribution is 2.48. The summed E-state index contributed by atoms with van der Waals surface area (Å²) in [5, 5.41) is 6.97. The second kappa shape index (κ2) is 8.20. The number of furan rings is 1. The van der Waals surface area contributed by atoms with E-state index in [1.54, 1.807) is 10.9 Å². The fourth-order valence-corrected chi connectivity index (χ4v) is 4.55. The summed E-state index contributed by atoms with van der Waals surface area (Å²) in [5.41, 5.74) is -0.327. The smallest absolute Gasteiger partial charge is 0.420 e. The molecule has 0 spiro atoms. The van der Waals surface area contributed by atoms with Gasteiger partial charge < -0.3 is 23.9 Å². The summed E-state index contributed by atoms with van der Waals surface area (Å²) >= 11 is 0. The molecule has 1 N–H and O–H groups in total. The molecule has 2 saturated heterocycles. The van der Waals surface area contributed by atoms with E-state index in [1.165, 1.54) is 0 Å². The van der Waals surface area contributed by atoms with Crippen LogP contribution in [-0.2, 0) is 33.4 Å². The lowest BCUT2D eigenvalue weighted by Crippen LogP contribution is -2.32. The molecule has 0 bridgehead atoms. The maximum Gasteiger partial charge on any atom is 0.420 e. The van der Waals surface area contributed by atoms with Gasteiger partial charge in [0.1, 0.15) is 24.2 Å². The van der Waals surface area contributed by atoms with Gasteiger partial charge in [0.05, 0.1) is 30.5 Å². The topological polar surface area (TPSA) is 87.8 Å². The monoisotopic (exact) mass is 455 g/mol. The first kappa shape index (κ1) is 21.5. The number of carbonyl (C=O) groups is 1. The van der Waals surface area contributed by atoms with Crippen LogP contribution in [0.5, 0.6) is 0 Å². The molecular weight excluding hydrogens is 431 g/mol. The molecule has 5 rings (SSSR count). The van der Waals surface area contributed by atoms with Gasteiger partial charge in [-0.3, -0.25) is 9.48 Å². The molecule has 0 unspecified atom stereocenters. The standard InChI is InChI=1S/C21H24F3N3O5/c1-11-5-15-16(18-14(11)8-27(26-18)7-13-9-29-10-31-13)17(21(22,23)24)19(32-15)20(28)25-6-12-3-2-4-30-12/h8,11-13H,2-7,9-10H2,1H3,(H,25,28)/t11-,12-,13-/m0/s1. The first-order chi connectivity index (χ1) is 15.3. The maximum absolute atomic E-state index is 14.2. The van der Waals surface area contributed by atoms with Crippen molar-refractivity contribution in [3.63, 3.8) is 0 Å². The molecule has 1 amide bonds. The van der Waals surface area contributed by atoms with Crippen LogP contribution in [-0.4, -0.2) is 54.4 Å². The van der Waals surface area contributed by atoms with Crippen molar-refractivity contribution in [1.82, 2.24) is 15.1 Å². The molecule has 8 nitrogen and oxygen atoms in total. The van der Waals surface area contributed by atoms with Crippen molar-refractivity contribution in [3.05, 3.63) is 28.8 Å². The van der Waals surface area contributed by atoms with E-state index in [-0.39, 0.29) is 54.9 Å². The second-order valence-electron chi connectivity index (χ2n) is 8.48. The van der Waals surface area contributed by atoms with E-state index in [9.17, 15) is 18.0 Å². The molecule has 2 aliphatic heterocycles. The van der Waals surface area contributed by atoms with E-state index >= 15 is 0 Å². The van der Waals surface area contributed by atoms with Gasteiger partial charge in [-0.15, -0.1) is 0 Å². The number of amides is 1. The Morgan fingerprint density at radius 3 is 2.84 bits per heavy atom. The van der Waals surface area contributed by atoms with Crippen LogP contribution in [0.25, 0.3) is 11.3 Å². The zero-order valence-corrected chi connectivity index (χ0v) is 17.5. The van der Waals surface area contributed by atoms with Crippen LogP contribution in [0.4, 0.5) is 13.2 Å². The summed E-state index contributed by atoms with van der Waals surface area (Å²) in [5.74, 6) is -1.60. The number of ether oxygens (including phenoxy) is 3. The summed E-state index contributed by atoms with van der Waals surface area (Å²) in [4.78, 5) is 12.7. The normalized spacial score (nSPS) is 25.1. The van der Waals surface area contributed by atoms with Crippen LogP contribution < -0.4 is 5.32 Å². The van der Waals surface area contributed by atoms with Gasteiger partial charge >= 0.3 is 6.18 Å². The first-order valence-corrected chi connectivity index (χ1v) is 10.7. The predicted octanol–water partition coefficient (Wildman–Crippen LogP) is 3.10. The largest absolute Gasteiger partial charge is 0.455 e. The number of nitrogens with one attached hydrogen (secondary N) is 1. The number of nitrogens with zero attached hydrogens (tertiary/aromatic N) is 2. The van der Waals surface area contributed by atoms with Crippen molar-refractivity contribution in [2.24, 2.45) is 0 Å². The summed E-state index contributed by atoms with van der Waals surface area (Å²) < 4.78 is 65.7. The molecule has 2 aromatic heterocycles. The summed E-state index contributed by atoms with van der Waals surface area (Å²) in [6.45, 7) is 3.58. The molecule has 3 atom stereocenters. The van der Waals surface area contributed by atoms with Gasteiger partial charge in [-0.25, -0.2) is 0 Å². The highest BCUT2D eigenvalue weighted by molar-refractivity contribution is 5.96. The maximum atomic E-state index is 14.2. The molecule has 0 radical (unpaired) electrons. The fraction of sp³-hybridized carbons (Fsp3) is 0.619. The van der Waals surface area contributed by atoms with Crippen LogP contribution in [0, 0.1) is 0 Å². The van der Waals surface area contributed by atoms with Gasteiger partial charge in [-0.2, -0.15) is 18.3 Å². The Morgan fingerprint density at radius 1 is 1.31 bits per heavy atom. The highest BCUT2D eigenvalue weighted by atomic mass is 19.4. The lowest BCUT2D eigenvalue weighted by Gasteiger charge is -2.17. The molecule has 174 valence electrons. The van der Waals surface area contributed by atoms with Crippen molar-refractivity contribution >= 4 is 5.91 Å². The quantitative estimate of drug-likeness (QED) is 0.746. The Balaban J connectivity index is 1.49. The number of alkyl halides is 3. The third kappa shape index (κ3) is 3.93.